The van der Waals surface area contributed by atoms with E-state index in [1.807, 2.05) is 0 Å². The van der Waals surface area contributed by atoms with Crippen molar-refractivity contribution in [2.75, 3.05) is 0 Å². The monoisotopic (exact) mass is 223 g/mol. The zero-order valence-electron chi connectivity index (χ0n) is 4.94. The zero-order valence-corrected chi connectivity index (χ0v) is 7.28. The van der Waals surface area contributed by atoms with Crippen molar-refractivity contribution >= 4 is 27.5 Å². The van der Waals surface area contributed by atoms with E-state index in [1.165, 1.54) is 12.3 Å². The molecule has 0 saturated heterocycles. The summed E-state index contributed by atoms with van der Waals surface area (Å²) in [5.41, 5.74) is 0.282. The van der Waals surface area contributed by atoms with Crippen LogP contribution in [0.4, 0.5) is 4.39 Å². The Bertz CT molecular complexity index is 241. The third kappa shape index (κ3) is 1.67. The van der Waals surface area contributed by atoms with Crippen LogP contribution in [0.25, 0.3) is 0 Å². The topological polar surface area (TPSA) is 12.9 Å². The lowest BCUT2D eigenvalue weighted by molar-refractivity contribution is 0.606. The number of alkyl halides is 1. The van der Waals surface area contributed by atoms with Crippen molar-refractivity contribution in [3.8, 4) is 0 Å². The van der Waals surface area contributed by atoms with E-state index in [1.54, 1.807) is 0 Å². The Morgan fingerprint density at radius 3 is 2.90 bits per heavy atom. The summed E-state index contributed by atoms with van der Waals surface area (Å²) < 4.78 is 13.3. The second-order valence-electron chi connectivity index (χ2n) is 1.72. The van der Waals surface area contributed by atoms with Crippen LogP contribution in [0.15, 0.2) is 16.7 Å². The highest BCUT2D eigenvalue weighted by Crippen LogP contribution is 2.13. The average Bonchev–Trinajstić information content (AvgIpc) is 1.88. The Hall–Kier alpha value is -0.150. The highest BCUT2D eigenvalue weighted by molar-refractivity contribution is 9.10. The predicted octanol–water partition coefficient (Wildman–Crippen LogP) is 2.72. The average molecular weight is 224 g/mol. The van der Waals surface area contributed by atoms with Crippen LogP contribution in [0, 0.1) is 5.82 Å². The van der Waals surface area contributed by atoms with E-state index in [-0.39, 0.29) is 17.4 Å². The molecule has 0 bridgehead atoms. The van der Waals surface area contributed by atoms with Gasteiger partial charge in [-0.3, -0.25) is 4.98 Å². The van der Waals surface area contributed by atoms with Crippen LogP contribution in [0.3, 0.4) is 0 Å². The Morgan fingerprint density at radius 2 is 2.40 bits per heavy atom. The second-order valence-corrected chi connectivity index (χ2v) is 2.90. The number of hydrogen-bond acceptors (Lipinski definition) is 1. The molecule has 54 valence electrons. The molecule has 4 heteroatoms. The molecule has 0 spiro atoms. The fourth-order valence-corrected chi connectivity index (χ4v) is 1.04. The van der Waals surface area contributed by atoms with Crippen LogP contribution >= 0.6 is 27.5 Å². The first kappa shape index (κ1) is 7.95. The van der Waals surface area contributed by atoms with E-state index >= 15 is 0 Å². The quantitative estimate of drug-likeness (QED) is 0.669. The maximum atomic E-state index is 12.7. The molecule has 0 aliphatic rings. The van der Waals surface area contributed by atoms with Gasteiger partial charge in [-0.2, -0.15) is 0 Å². The summed E-state index contributed by atoms with van der Waals surface area (Å²) in [6.45, 7) is 0. The molecule has 0 fully saturated rings. The molecule has 0 unspecified atom stereocenters. The summed E-state index contributed by atoms with van der Waals surface area (Å²) in [5.74, 6) is -0.261. The van der Waals surface area contributed by atoms with Gasteiger partial charge in [0.25, 0.3) is 0 Å². The molecule has 1 aromatic heterocycles. The van der Waals surface area contributed by atoms with Crippen molar-refractivity contribution in [2.24, 2.45) is 0 Å². The molecule has 0 amide bonds. The Balaban J connectivity index is 3.07. The SMILES string of the molecule is Fc1cc(Br)cnc1CCl. The first-order valence-electron chi connectivity index (χ1n) is 2.60. The van der Waals surface area contributed by atoms with Gasteiger partial charge in [-0.25, -0.2) is 4.39 Å². The summed E-state index contributed by atoms with van der Waals surface area (Å²) >= 11 is 8.45. The van der Waals surface area contributed by atoms with Crippen molar-refractivity contribution in [1.82, 2.24) is 4.98 Å². The molecular formula is C6H4BrClFN. The molecule has 0 aromatic carbocycles. The lowest BCUT2D eigenvalue weighted by atomic mass is 10.4. The highest BCUT2D eigenvalue weighted by Gasteiger charge is 2.00. The lowest BCUT2D eigenvalue weighted by Gasteiger charge is -1.95. The molecule has 1 nitrogen and oxygen atoms in total. The lowest BCUT2D eigenvalue weighted by Crippen LogP contribution is -1.89. The van der Waals surface area contributed by atoms with Crippen molar-refractivity contribution in [1.29, 1.82) is 0 Å². The minimum absolute atomic E-state index is 0.110. The van der Waals surface area contributed by atoms with Gasteiger partial charge in [0.2, 0.25) is 0 Å². The number of halogens is 3. The van der Waals surface area contributed by atoms with Crippen LogP contribution in [0.5, 0.6) is 0 Å². The molecule has 0 aliphatic carbocycles. The van der Waals surface area contributed by atoms with Gasteiger partial charge in [0.05, 0.1) is 11.6 Å². The molecule has 0 radical (unpaired) electrons. The standard InChI is InChI=1S/C6H4BrClFN/c7-4-1-5(9)6(2-8)10-3-4/h1,3H,2H2. The van der Waals surface area contributed by atoms with Crippen LogP contribution in [0.2, 0.25) is 0 Å². The number of hydrogen-bond donors (Lipinski definition) is 0. The van der Waals surface area contributed by atoms with E-state index in [2.05, 4.69) is 20.9 Å². The van der Waals surface area contributed by atoms with Gasteiger partial charge < -0.3 is 0 Å². The largest absolute Gasteiger partial charge is 0.256 e. The third-order valence-electron chi connectivity index (χ3n) is 1.01. The van der Waals surface area contributed by atoms with Crippen LogP contribution in [0.1, 0.15) is 5.69 Å². The smallest absolute Gasteiger partial charge is 0.147 e. The fourth-order valence-electron chi connectivity index (χ4n) is 0.541. The molecule has 1 aromatic rings. The van der Waals surface area contributed by atoms with Crippen LogP contribution in [-0.4, -0.2) is 4.98 Å². The summed E-state index contributed by atoms with van der Waals surface area (Å²) in [7, 11) is 0. The van der Waals surface area contributed by atoms with Crippen molar-refractivity contribution in [2.45, 2.75) is 5.88 Å². The number of pyridine rings is 1. The molecule has 1 heterocycles. The van der Waals surface area contributed by atoms with Gasteiger partial charge in [-0.1, -0.05) is 0 Å². The van der Waals surface area contributed by atoms with E-state index in [4.69, 9.17) is 11.6 Å². The molecular weight excluding hydrogens is 220 g/mol. The van der Waals surface area contributed by atoms with Gasteiger partial charge >= 0.3 is 0 Å². The maximum Gasteiger partial charge on any atom is 0.147 e. The predicted molar refractivity (Wildman–Crippen MR) is 41.5 cm³/mol. The van der Waals surface area contributed by atoms with E-state index in [0.29, 0.717) is 4.47 Å². The number of rotatable bonds is 1. The highest BCUT2D eigenvalue weighted by atomic mass is 79.9. The molecule has 10 heavy (non-hydrogen) atoms. The molecule has 0 saturated carbocycles. The van der Waals surface area contributed by atoms with Crippen molar-refractivity contribution in [3.63, 3.8) is 0 Å². The first-order valence-corrected chi connectivity index (χ1v) is 3.92. The third-order valence-corrected chi connectivity index (χ3v) is 1.70. The fraction of sp³-hybridized carbons (Fsp3) is 0.167. The minimum Gasteiger partial charge on any atom is -0.256 e. The maximum absolute atomic E-state index is 12.7. The first-order chi connectivity index (χ1) is 4.74. The molecule has 1 rings (SSSR count). The summed E-state index contributed by atoms with van der Waals surface area (Å²) in [5, 5.41) is 0. The molecule has 0 aliphatic heterocycles. The Morgan fingerprint density at radius 1 is 1.70 bits per heavy atom. The zero-order chi connectivity index (χ0) is 7.56. The van der Waals surface area contributed by atoms with Gasteiger partial charge in [0, 0.05) is 10.7 Å². The normalized spacial score (nSPS) is 9.90. The Kier molecular flexibility index (Phi) is 2.63. The molecule has 0 atom stereocenters. The van der Waals surface area contributed by atoms with Crippen LogP contribution in [-0.2, 0) is 5.88 Å². The van der Waals surface area contributed by atoms with Gasteiger partial charge in [0.1, 0.15) is 5.82 Å². The summed E-state index contributed by atoms with van der Waals surface area (Å²) in [6.07, 6.45) is 1.51. The number of aromatic nitrogens is 1. The van der Waals surface area contributed by atoms with Crippen LogP contribution < -0.4 is 0 Å². The van der Waals surface area contributed by atoms with Gasteiger partial charge in [0.15, 0.2) is 0 Å². The Labute approximate surface area is 71.4 Å². The van der Waals surface area contributed by atoms with E-state index in [9.17, 15) is 4.39 Å². The second kappa shape index (κ2) is 3.30. The van der Waals surface area contributed by atoms with Gasteiger partial charge in [-0.15, -0.1) is 11.6 Å². The summed E-state index contributed by atoms with van der Waals surface area (Å²) in [6, 6.07) is 1.34. The van der Waals surface area contributed by atoms with Gasteiger partial charge in [-0.05, 0) is 22.0 Å². The minimum atomic E-state index is -0.371. The van der Waals surface area contributed by atoms with E-state index in [0.717, 1.165) is 0 Å². The number of nitrogens with zero attached hydrogens (tertiary/aromatic N) is 1. The summed E-state index contributed by atoms with van der Waals surface area (Å²) in [4.78, 5) is 3.74. The van der Waals surface area contributed by atoms with Crippen molar-refractivity contribution in [3.05, 3.63) is 28.2 Å². The van der Waals surface area contributed by atoms with Crippen molar-refractivity contribution < 1.29 is 4.39 Å². The van der Waals surface area contributed by atoms with E-state index < -0.39 is 0 Å². The molecule has 0 N–H and O–H groups in total.